The molecule has 0 atom stereocenters. The summed E-state index contributed by atoms with van der Waals surface area (Å²) in [6.07, 6.45) is 14.0. The Bertz CT molecular complexity index is 1150. The number of hydrogen-bond acceptors (Lipinski definition) is 7. The highest BCUT2D eigenvalue weighted by atomic mass is 16.5. The van der Waals surface area contributed by atoms with E-state index in [0.717, 1.165) is 42.5 Å². The molecule has 36 heavy (non-hydrogen) atoms. The van der Waals surface area contributed by atoms with Gasteiger partial charge in [-0.2, -0.15) is 4.98 Å². The van der Waals surface area contributed by atoms with Crippen molar-refractivity contribution in [3.8, 4) is 5.75 Å². The number of hydrogen-bond donors (Lipinski definition) is 2. The molecule has 2 bridgehead atoms. The smallest absolute Gasteiger partial charge is 0.229 e. The van der Waals surface area contributed by atoms with Crippen molar-refractivity contribution >= 4 is 23.1 Å². The number of nitrogens with one attached hydrogen (secondary N) is 2. The van der Waals surface area contributed by atoms with Crippen molar-refractivity contribution in [1.82, 2.24) is 19.9 Å². The van der Waals surface area contributed by atoms with Crippen LogP contribution in [0.25, 0.3) is 0 Å². The summed E-state index contributed by atoms with van der Waals surface area (Å²) in [5.41, 5.74) is 4.68. The van der Waals surface area contributed by atoms with E-state index in [-0.39, 0.29) is 0 Å². The van der Waals surface area contributed by atoms with Crippen LogP contribution in [0.15, 0.2) is 48.8 Å². The summed E-state index contributed by atoms with van der Waals surface area (Å²) in [5.74, 6) is 3.53. The first-order valence-electron chi connectivity index (χ1n) is 13.6. The van der Waals surface area contributed by atoms with Crippen molar-refractivity contribution < 1.29 is 4.74 Å². The van der Waals surface area contributed by atoms with E-state index in [1.54, 1.807) is 6.20 Å². The van der Waals surface area contributed by atoms with E-state index in [2.05, 4.69) is 31.6 Å². The first-order valence-corrected chi connectivity index (χ1v) is 13.6. The van der Waals surface area contributed by atoms with Crippen LogP contribution in [0.1, 0.15) is 74.5 Å². The van der Waals surface area contributed by atoms with Crippen molar-refractivity contribution in [1.29, 1.82) is 0 Å². The third-order valence-electron chi connectivity index (χ3n) is 7.88. The van der Waals surface area contributed by atoms with Gasteiger partial charge < -0.3 is 20.3 Å². The number of fused-ring (bicyclic) bond motifs is 2. The molecule has 1 saturated carbocycles. The number of piperidine rings is 1. The minimum Gasteiger partial charge on any atom is -0.494 e. The van der Waals surface area contributed by atoms with Crippen LogP contribution in [0.3, 0.4) is 0 Å². The van der Waals surface area contributed by atoms with Gasteiger partial charge in [-0.3, -0.25) is 4.98 Å². The average Bonchev–Trinajstić information content (AvgIpc) is 2.93. The fourth-order valence-corrected chi connectivity index (χ4v) is 5.97. The lowest BCUT2D eigenvalue weighted by Crippen LogP contribution is -2.31. The molecule has 0 unspecified atom stereocenters. The SMILES string of the molecule is c1cc(Nc2cnc3c(c2)C2CCC3CC2)nc(Nc2ccc(OCCCN3CCCCC3)cc2)n1. The van der Waals surface area contributed by atoms with E-state index in [1.165, 1.54) is 69.3 Å². The zero-order valence-corrected chi connectivity index (χ0v) is 21.0. The molecule has 0 spiro atoms. The van der Waals surface area contributed by atoms with Gasteiger partial charge >= 0.3 is 0 Å². The number of ether oxygens (including phenoxy) is 1. The number of nitrogens with zero attached hydrogens (tertiary/aromatic N) is 4. The quantitative estimate of drug-likeness (QED) is 0.342. The Morgan fingerprint density at radius 3 is 2.50 bits per heavy atom. The highest BCUT2D eigenvalue weighted by molar-refractivity contribution is 5.60. The van der Waals surface area contributed by atoms with Crippen LogP contribution in [-0.2, 0) is 0 Å². The normalized spacial score (nSPS) is 21.1. The number of likely N-dealkylation sites (tertiary alicyclic amines) is 1. The molecule has 7 rings (SSSR count). The maximum atomic E-state index is 5.94. The number of anilines is 4. The van der Waals surface area contributed by atoms with E-state index >= 15 is 0 Å². The summed E-state index contributed by atoms with van der Waals surface area (Å²) in [7, 11) is 0. The lowest BCUT2D eigenvalue weighted by molar-refractivity contribution is 0.205. The number of pyridine rings is 1. The van der Waals surface area contributed by atoms with Crippen molar-refractivity contribution in [2.45, 2.75) is 63.2 Å². The predicted octanol–water partition coefficient (Wildman–Crippen LogP) is 6.37. The molecule has 2 fully saturated rings. The van der Waals surface area contributed by atoms with Crippen LogP contribution in [0.2, 0.25) is 0 Å². The zero-order chi connectivity index (χ0) is 24.2. The van der Waals surface area contributed by atoms with Gasteiger partial charge in [-0.15, -0.1) is 0 Å². The molecule has 3 aliphatic carbocycles. The summed E-state index contributed by atoms with van der Waals surface area (Å²) in [6.45, 7) is 4.36. The molecule has 2 aromatic heterocycles. The lowest BCUT2D eigenvalue weighted by Gasteiger charge is -2.37. The summed E-state index contributed by atoms with van der Waals surface area (Å²) in [6, 6.07) is 12.2. The predicted molar refractivity (Wildman–Crippen MR) is 144 cm³/mol. The summed E-state index contributed by atoms with van der Waals surface area (Å²) >= 11 is 0. The highest BCUT2D eigenvalue weighted by Crippen LogP contribution is 2.48. The lowest BCUT2D eigenvalue weighted by atomic mass is 9.69. The van der Waals surface area contributed by atoms with Gasteiger partial charge in [-0.1, -0.05) is 6.42 Å². The molecule has 0 radical (unpaired) electrons. The maximum absolute atomic E-state index is 5.94. The monoisotopic (exact) mass is 484 g/mol. The van der Waals surface area contributed by atoms with Gasteiger partial charge in [0.1, 0.15) is 11.6 Å². The minimum absolute atomic E-state index is 0.556. The minimum atomic E-state index is 0.556. The molecular weight excluding hydrogens is 448 g/mol. The largest absolute Gasteiger partial charge is 0.494 e. The molecular formula is C29H36N6O. The fraction of sp³-hybridized carbons (Fsp3) is 0.483. The molecule has 188 valence electrons. The first kappa shape index (κ1) is 23.2. The molecule has 4 aliphatic rings. The van der Waals surface area contributed by atoms with Crippen LogP contribution in [0.5, 0.6) is 5.75 Å². The second-order valence-corrected chi connectivity index (χ2v) is 10.4. The topological polar surface area (TPSA) is 75.2 Å². The number of benzene rings is 1. The molecule has 0 amide bonds. The Balaban J connectivity index is 1.02. The Labute approximate surface area is 213 Å². The molecule has 1 aliphatic heterocycles. The Kier molecular flexibility index (Phi) is 6.98. The second-order valence-electron chi connectivity index (χ2n) is 10.4. The molecule has 2 N–H and O–H groups in total. The van der Waals surface area contributed by atoms with Gasteiger partial charge in [0.15, 0.2) is 0 Å². The molecule has 1 aromatic carbocycles. The van der Waals surface area contributed by atoms with Crippen molar-refractivity contribution in [2.24, 2.45) is 0 Å². The molecule has 3 heterocycles. The van der Waals surface area contributed by atoms with Crippen molar-refractivity contribution in [3.63, 3.8) is 0 Å². The third kappa shape index (κ3) is 5.46. The standard InChI is InChI=1S/C29H36N6O/c1-2-15-35(16-3-1)17-4-18-36-25-11-9-23(10-12-25)33-29-30-14-13-27(34-29)32-24-19-26-21-5-7-22(8-6-21)28(26)31-20-24/h9-14,19-22H,1-8,15-18H2,(H2,30,32,33,34). The Hall–Kier alpha value is -3.19. The van der Waals surface area contributed by atoms with Crippen molar-refractivity contribution in [2.75, 3.05) is 36.9 Å². The van der Waals surface area contributed by atoms with Crippen LogP contribution in [-0.4, -0.2) is 46.1 Å². The van der Waals surface area contributed by atoms with E-state index in [4.69, 9.17) is 9.72 Å². The molecule has 3 aromatic rings. The van der Waals surface area contributed by atoms with Gasteiger partial charge in [-0.05, 0) is 106 Å². The number of rotatable bonds is 9. The third-order valence-corrected chi connectivity index (χ3v) is 7.88. The maximum Gasteiger partial charge on any atom is 0.229 e. The highest BCUT2D eigenvalue weighted by Gasteiger charge is 2.34. The van der Waals surface area contributed by atoms with Crippen LogP contribution >= 0.6 is 0 Å². The van der Waals surface area contributed by atoms with Gasteiger partial charge in [0.05, 0.1) is 18.5 Å². The number of aromatic nitrogens is 3. The van der Waals surface area contributed by atoms with E-state index in [0.29, 0.717) is 17.8 Å². The Morgan fingerprint density at radius 2 is 1.67 bits per heavy atom. The fourth-order valence-electron chi connectivity index (χ4n) is 5.97. The summed E-state index contributed by atoms with van der Waals surface area (Å²) in [4.78, 5) is 16.4. The second kappa shape index (κ2) is 10.8. The van der Waals surface area contributed by atoms with E-state index in [1.807, 2.05) is 36.5 Å². The molecule has 7 nitrogen and oxygen atoms in total. The van der Waals surface area contributed by atoms with Gasteiger partial charge in [-0.25, -0.2) is 4.98 Å². The summed E-state index contributed by atoms with van der Waals surface area (Å²) in [5, 5.41) is 6.72. The van der Waals surface area contributed by atoms with Crippen LogP contribution in [0.4, 0.5) is 23.1 Å². The van der Waals surface area contributed by atoms with Gasteiger partial charge in [0.25, 0.3) is 0 Å². The average molecular weight is 485 g/mol. The molecule has 1 saturated heterocycles. The van der Waals surface area contributed by atoms with Crippen LogP contribution in [0, 0.1) is 0 Å². The molecule has 7 heteroatoms. The van der Waals surface area contributed by atoms with E-state index < -0.39 is 0 Å². The van der Waals surface area contributed by atoms with Gasteiger partial charge in [0, 0.05) is 30.0 Å². The zero-order valence-electron chi connectivity index (χ0n) is 21.0. The van der Waals surface area contributed by atoms with Crippen molar-refractivity contribution in [3.05, 3.63) is 60.0 Å². The Morgan fingerprint density at radius 1 is 0.861 bits per heavy atom. The first-order chi connectivity index (χ1) is 17.8. The summed E-state index contributed by atoms with van der Waals surface area (Å²) < 4.78 is 5.94. The van der Waals surface area contributed by atoms with Gasteiger partial charge in [0.2, 0.25) is 5.95 Å². The van der Waals surface area contributed by atoms with Crippen LogP contribution < -0.4 is 15.4 Å². The van der Waals surface area contributed by atoms with E-state index in [9.17, 15) is 0 Å².